The van der Waals surface area contributed by atoms with Crippen molar-refractivity contribution in [3.8, 4) is 5.69 Å². The van der Waals surface area contributed by atoms with Crippen molar-refractivity contribution < 1.29 is 18.0 Å². The summed E-state index contributed by atoms with van der Waals surface area (Å²) in [5.74, 6) is -0.799. The van der Waals surface area contributed by atoms with E-state index >= 15 is 0 Å². The molecule has 0 saturated carbocycles. The molecule has 0 saturated heterocycles. The van der Waals surface area contributed by atoms with Gasteiger partial charge in [0.25, 0.3) is 0 Å². The lowest BCUT2D eigenvalue weighted by atomic mass is 10.0. The first kappa shape index (κ1) is 21.3. The van der Waals surface area contributed by atoms with Crippen molar-refractivity contribution in [2.24, 2.45) is 0 Å². The molecule has 1 atom stereocenters. The van der Waals surface area contributed by atoms with Gasteiger partial charge >= 0.3 is 6.18 Å². The fraction of sp³-hybridized carbons (Fsp3) is 0.190. The first-order chi connectivity index (χ1) is 14.7. The Balaban J connectivity index is 1.56. The largest absolute Gasteiger partial charge is 0.435 e. The van der Waals surface area contributed by atoms with Gasteiger partial charge in [0.1, 0.15) is 0 Å². The van der Waals surface area contributed by atoms with Gasteiger partial charge in [-0.25, -0.2) is 9.67 Å². The molecule has 1 unspecified atom stereocenters. The summed E-state index contributed by atoms with van der Waals surface area (Å²) in [5, 5.41) is 6.76. The number of carbonyl (C=O) groups excluding carboxylic acids is 1. The zero-order valence-corrected chi connectivity index (χ0v) is 17.7. The molecule has 160 valence electrons. The number of halogens is 4. The summed E-state index contributed by atoms with van der Waals surface area (Å²) >= 11 is 7.45. The van der Waals surface area contributed by atoms with Gasteiger partial charge in [-0.2, -0.15) is 18.3 Å². The van der Waals surface area contributed by atoms with Crippen LogP contribution in [0.2, 0.25) is 5.02 Å². The number of amides is 1. The van der Waals surface area contributed by atoms with E-state index in [2.05, 4.69) is 15.4 Å². The molecule has 0 spiro atoms. The number of alkyl halides is 3. The molecule has 5 nitrogen and oxygen atoms in total. The Bertz CT molecular complexity index is 1250. The van der Waals surface area contributed by atoms with E-state index in [9.17, 15) is 18.0 Å². The number of nitrogens with zero attached hydrogens (tertiary/aromatic N) is 3. The summed E-state index contributed by atoms with van der Waals surface area (Å²) in [7, 11) is 0. The first-order valence-electron chi connectivity index (χ1n) is 9.25. The van der Waals surface area contributed by atoms with E-state index in [1.54, 1.807) is 30.6 Å². The summed E-state index contributed by atoms with van der Waals surface area (Å²) in [6.07, 6.45) is -4.61. The van der Waals surface area contributed by atoms with Gasteiger partial charge in [0, 0.05) is 5.02 Å². The molecule has 0 bridgehead atoms. The normalized spacial score (nSPS) is 12.8. The molecule has 0 aliphatic rings. The Morgan fingerprint density at radius 1 is 1.23 bits per heavy atom. The molecular formula is C21H16ClF3N4OS. The number of rotatable bonds is 5. The number of hydrogen-bond donors (Lipinski definition) is 1. The van der Waals surface area contributed by atoms with Crippen LogP contribution in [-0.2, 0) is 17.5 Å². The van der Waals surface area contributed by atoms with E-state index in [1.807, 2.05) is 18.2 Å². The highest BCUT2D eigenvalue weighted by Gasteiger charge is 2.35. The van der Waals surface area contributed by atoms with Gasteiger partial charge in [-0.3, -0.25) is 4.79 Å². The number of carbonyl (C=O) groups is 1. The van der Waals surface area contributed by atoms with Crippen molar-refractivity contribution in [2.45, 2.75) is 25.6 Å². The third-order valence-electron chi connectivity index (χ3n) is 4.82. The molecule has 0 radical (unpaired) electrons. The smallest absolute Gasteiger partial charge is 0.350 e. The molecule has 0 aliphatic heterocycles. The quantitative estimate of drug-likeness (QED) is 0.420. The van der Waals surface area contributed by atoms with Crippen molar-refractivity contribution >= 4 is 39.1 Å². The third kappa shape index (κ3) is 4.57. The highest BCUT2D eigenvalue weighted by atomic mass is 35.5. The Labute approximate surface area is 184 Å². The molecule has 31 heavy (non-hydrogen) atoms. The van der Waals surface area contributed by atoms with Crippen LogP contribution in [0.3, 0.4) is 0 Å². The Morgan fingerprint density at radius 3 is 2.77 bits per heavy atom. The minimum Gasteiger partial charge on any atom is -0.350 e. The van der Waals surface area contributed by atoms with Crippen LogP contribution < -0.4 is 5.32 Å². The Hall–Kier alpha value is -2.91. The van der Waals surface area contributed by atoms with E-state index in [-0.39, 0.29) is 18.1 Å². The van der Waals surface area contributed by atoms with Crippen LogP contribution in [0.1, 0.15) is 29.8 Å². The van der Waals surface area contributed by atoms with Crippen molar-refractivity contribution in [3.63, 3.8) is 0 Å². The SMILES string of the molecule is CC(C(=O)NCc1cc(C(F)(F)F)nn1-c1cccc(Cl)c1)c1ccc2ncsc2c1. The lowest BCUT2D eigenvalue weighted by Crippen LogP contribution is -2.28. The fourth-order valence-corrected chi connectivity index (χ4v) is 4.05. The standard InChI is InChI=1S/C21H16ClF3N4OS/c1-12(13-5-6-17-18(7-13)31-11-27-17)20(30)26-10-16-9-19(21(23,24)25)28-29(16)15-4-2-3-14(22)8-15/h2-9,11-12H,10H2,1H3,(H,26,30). The van der Waals surface area contributed by atoms with Crippen molar-refractivity contribution in [2.75, 3.05) is 0 Å². The molecule has 0 fully saturated rings. The van der Waals surface area contributed by atoms with Gasteiger partial charge in [0.05, 0.1) is 39.6 Å². The van der Waals surface area contributed by atoms with Crippen molar-refractivity contribution in [1.29, 1.82) is 0 Å². The average Bonchev–Trinajstić information content (AvgIpc) is 3.37. The van der Waals surface area contributed by atoms with Crippen LogP contribution in [0.5, 0.6) is 0 Å². The lowest BCUT2D eigenvalue weighted by molar-refractivity contribution is -0.141. The fourth-order valence-electron chi connectivity index (χ4n) is 3.14. The lowest BCUT2D eigenvalue weighted by Gasteiger charge is -2.14. The van der Waals surface area contributed by atoms with E-state index in [0.717, 1.165) is 26.5 Å². The minimum atomic E-state index is -4.61. The highest BCUT2D eigenvalue weighted by Crippen LogP contribution is 2.30. The molecule has 2 aromatic heterocycles. The second-order valence-corrected chi connectivity index (χ2v) is 8.25. The van der Waals surface area contributed by atoms with Gasteiger partial charge in [-0.1, -0.05) is 23.7 Å². The molecular weight excluding hydrogens is 449 g/mol. The molecule has 4 rings (SSSR count). The maximum atomic E-state index is 13.2. The molecule has 10 heteroatoms. The summed E-state index contributed by atoms with van der Waals surface area (Å²) in [6, 6.07) is 12.8. The zero-order valence-electron chi connectivity index (χ0n) is 16.2. The molecule has 1 amide bonds. The van der Waals surface area contributed by atoms with E-state index in [4.69, 9.17) is 11.6 Å². The van der Waals surface area contributed by atoms with Crippen LogP contribution in [-0.4, -0.2) is 20.7 Å². The summed E-state index contributed by atoms with van der Waals surface area (Å²) in [6.45, 7) is 1.62. The monoisotopic (exact) mass is 464 g/mol. The van der Waals surface area contributed by atoms with Crippen LogP contribution in [0, 0.1) is 0 Å². The number of hydrogen-bond acceptors (Lipinski definition) is 4. The maximum absolute atomic E-state index is 13.2. The summed E-state index contributed by atoms with van der Waals surface area (Å²) in [4.78, 5) is 16.9. The van der Waals surface area contributed by atoms with Gasteiger partial charge in [-0.15, -0.1) is 11.3 Å². The van der Waals surface area contributed by atoms with Gasteiger partial charge in [0.2, 0.25) is 5.91 Å². The summed E-state index contributed by atoms with van der Waals surface area (Å²) in [5.41, 5.74) is 2.90. The topological polar surface area (TPSA) is 59.8 Å². The molecule has 0 aliphatic carbocycles. The number of fused-ring (bicyclic) bond motifs is 1. The summed E-state index contributed by atoms with van der Waals surface area (Å²) < 4.78 is 41.8. The van der Waals surface area contributed by atoms with Crippen LogP contribution >= 0.6 is 22.9 Å². The first-order valence-corrected chi connectivity index (χ1v) is 10.5. The number of nitrogens with one attached hydrogen (secondary N) is 1. The van der Waals surface area contributed by atoms with Crippen molar-refractivity contribution in [1.82, 2.24) is 20.1 Å². The minimum absolute atomic E-state index is 0.123. The van der Waals surface area contributed by atoms with E-state index in [0.29, 0.717) is 10.7 Å². The Kier molecular flexibility index (Phi) is 5.72. The van der Waals surface area contributed by atoms with Crippen molar-refractivity contribution in [3.05, 3.63) is 76.0 Å². The van der Waals surface area contributed by atoms with Crippen LogP contribution in [0.4, 0.5) is 13.2 Å². The second kappa shape index (κ2) is 8.32. The highest BCUT2D eigenvalue weighted by molar-refractivity contribution is 7.16. The molecule has 2 aromatic carbocycles. The van der Waals surface area contributed by atoms with Gasteiger partial charge in [0.15, 0.2) is 5.69 Å². The molecule has 4 aromatic rings. The number of aromatic nitrogens is 3. The molecule has 1 N–H and O–H groups in total. The third-order valence-corrected chi connectivity index (χ3v) is 5.85. The van der Waals surface area contributed by atoms with Crippen LogP contribution in [0.25, 0.3) is 15.9 Å². The predicted octanol–water partition coefficient (Wildman–Crippen LogP) is 5.57. The number of benzene rings is 2. The van der Waals surface area contributed by atoms with Crippen LogP contribution in [0.15, 0.2) is 54.0 Å². The predicted molar refractivity (Wildman–Crippen MR) is 113 cm³/mol. The van der Waals surface area contributed by atoms with Gasteiger partial charge < -0.3 is 5.32 Å². The molecule has 2 heterocycles. The maximum Gasteiger partial charge on any atom is 0.435 e. The van der Waals surface area contributed by atoms with E-state index in [1.165, 1.54) is 17.4 Å². The van der Waals surface area contributed by atoms with E-state index < -0.39 is 17.8 Å². The Morgan fingerprint density at radius 2 is 2.03 bits per heavy atom. The average molecular weight is 465 g/mol. The van der Waals surface area contributed by atoms with Gasteiger partial charge in [-0.05, 0) is 48.9 Å². The zero-order chi connectivity index (χ0) is 22.2. The number of thiazole rings is 1. The second-order valence-electron chi connectivity index (χ2n) is 6.93.